The second-order valence-corrected chi connectivity index (χ2v) is 16.6. The molecule has 0 saturated carbocycles. The van der Waals surface area contributed by atoms with Crippen LogP contribution in [0.4, 0.5) is 0 Å². The number of unbranched alkanes of at least 4 members (excludes halogenated alkanes) is 29. The molecule has 0 aromatic carbocycles. The van der Waals surface area contributed by atoms with Gasteiger partial charge in [-0.3, -0.25) is 24.1 Å². The van der Waals surface area contributed by atoms with Gasteiger partial charge >= 0.3 is 41.5 Å². The van der Waals surface area contributed by atoms with Crippen LogP contribution < -0.4 is 46.8 Å². The summed E-state index contributed by atoms with van der Waals surface area (Å²) in [6.07, 6.45) is 38.8. The Balaban J connectivity index is -0.00000115. The summed E-state index contributed by atoms with van der Waals surface area (Å²) in [4.78, 5) is 60.9. The third-order valence-corrected chi connectivity index (χ3v) is 11.1. The fourth-order valence-corrected chi connectivity index (χ4v) is 7.30. The number of hydrogen-bond donors (Lipinski definition) is 5. The molecule has 0 aliphatic rings. The Labute approximate surface area is 385 Å². The summed E-state index contributed by atoms with van der Waals surface area (Å²) in [5, 5.41) is 18.2. The van der Waals surface area contributed by atoms with E-state index in [0.717, 1.165) is 56.3 Å². The molecule has 8 N–H and O–H groups in total. The molecule has 0 fully saturated rings. The summed E-state index contributed by atoms with van der Waals surface area (Å²) in [5.74, 6) is -3.70. The quantitative estimate of drug-likeness (QED) is 0.0296. The minimum absolute atomic E-state index is 0. The second kappa shape index (κ2) is 47.5. The Kier molecular flexibility index (Phi) is 49.7. The van der Waals surface area contributed by atoms with E-state index < -0.39 is 41.7 Å². The molecule has 0 radical (unpaired) electrons. The van der Waals surface area contributed by atoms with Gasteiger partial charge in [-0.1, -0.05) is 200 Å². The SMILES string of the molecule is CCCCCCCCCCCCCCCCCC(=O)N(C(=O)CCCCCCCCCCCCCCCCC)[C@@H](CCC(N)=O)C(=O)O.NCCCCC(N)C(=O)O.[H-].[Na+]. The number of nitrogens with zero attached hydrogens (tertiary/aromatic N) is 1. The van der Waals surface area contributed by atoms with Gasteiger partial charge < -0.3 is 28.8 Å². The van der Waals surface area contributed by atoms with Crippen LogP contribution in [0.3, 0.4) is 0 Å². The first kappa shape index (κ1) is 61.8. The summed E-state index contributed by atoms with van der Waals surface area (Å²) >= 11 is 0. The average molecular weight is 849 g/mol. The van der Waals surface area contributed by atoms with E-state index >= 15 is 0 Å². The first-order valence-corrected chi connectivity index (χ1v) is 24.1. The van der Waals surface area contributed by atoms with Crippen LogP contribution in [0.1, 0.15) is 253 Å². The molecule has 0 aromatic heterocycles. The van der Waals surface area contributed by atoms with E-state index in [1.54, 1.807) is 0 Å². The normalized spacial score (nSPS) is 11.9. The molecular weight excluding hydrogens is 756 g/mol. The van der Waals surface area contributed by atoms with E-state index in [2.05, 4.69) is 13.8 Å². The zero-order valence-electron chi connectivity index (χ0n) is 39.6. The molecule has 0 spiro atoms. The predicted octanol–water partition coefficient (Wildman–Crippen LogP) is 8.23. The van der Waals surface area contributed by atoms with Gasteiger partial charge in [-0.25, -0.2) is 4.79 Å². The number of hydrogen-bond acceptors (Lipinski definition) is 7. The van der Waals surface area contributed by atoms with Crippen LogP contribution in [0, 0.1) is 0 Å². The van der Waals surface area contributed by atoms with Crippen LogP contribution in [0.2, 0.25) is 0 Å². The van der Waals surface area contributed by atoms with Crippen molar-refractivity contribution in [3.63, 3.8) is 0 Å². The van der Waals surface area contributed by atoms with Crippen molar-refractivity contribution in [2.24, 2.45) is 17.2 Å². The molecule has 0 aliphatic heterocycles. The Morgan fingerprint density at radius 3 is 1.02 bits per heavy atom. The van der Waals surface area contributed by atoms with Crippen molar-refractivity contribution in [2.75, 3.05) is 6.54 Å². The fourth-order valence-electron chi connectivity index (χ4n) is 7.30. The van der Waals surface area contributed by atoms with E-state index in [-0.39, 0.29) is 56.7 Å². The van der Waals surface area contributed by atoms with E-state index in [9.17, 15) is 29.1 Å². The number of imide groups is 1. The molecule has 2 atom stereocenters. The molecular formula is C47H93N4NaO7. The molecule has 0 bridgehead atoms. The Bertz CT molecular complexity index is 965. The average Bonchev–Trinajstić information content (AvgIpc) is 3.19. The minimum atomic E-state index is -1.34. The summed E-state index contributed by atoms with van der Waals surface area (Å²) in [5.41, 5.74) is 15.7. The van der Waals surface area contributed by atoms with Gasteiger partial charge in [0.2, 0.25) is 17.7 Å². The molecule has 0 rings (SSSR count). The van der Waals surface area contributed by atoms with E-state index in [1.807, 2.05) is 0 Å². The van der Waals surface area contributed by atoms with Gasteiger partial charge in [-0.2, -0.15) is 0 Å². The number of aliphatic carboxylic acids is 2. The Morgan fingerprint density at radius 1 is 0.458 bits per heavy atom. The number of amides is 3. The maximum Gasteiger partial charge on any atom is 1.00 e. The predicted molar refractivity (Wildman–Crippen MR) is 240 cm³/mol. The van der Waals surface area contributed by atoms with Crippen LogP contribution in [0.25, 0.3) is 0 Å². The third kappa shape index (κ3) is 42.9. The van der Waals surface area contributed by atoms with Crippen molar-refractivity contribution in [1.82, 2.24) is 4.90 Å². The van der Waals surface area contributed by atoms with Gasteiger partial charge in [0.15, 0.2) is 0 Å². The summed E-state index contributed by atoms with van der Waals surface area (Å²) in [7, 11) is 0. The van der Waals surface area contributed by atoms with Gasteiger partial charge in [-0.05, 0) is 38.6 Å². The second-order valence-electron chi connectivity index (χ2n) is 16.6. The molecule has 344 valence electrons. The topological polar surface area (TPSA) is 207 Å². The number of rotatable bonds is 42. The summed E-state index contributed by atoms with van der Waals surface area (Å²) in [6, 6.07) is -2.06. The molecule has 0 aromatic rings. The van der Waals surface area contributed by atoms with E-state index in [1.165, 1.54) is 141 Å². The van der Waals surface area contributed by atoms with Gasteiger partial charge in [0.1, 0.15) is 12.1 Å². The maximum atomic E-state index is 13.2. The zero-order chi connectivity index (χ0) is 43.5. The number of carboxylic acids is 2. The van der Waals surface area contributed by atoms with Gasteiger partial charge in [0, 0.05) is 19.3 Å². The summed E-state index contributed by atoms with van der Waals surface area (Å²) < 4.78 is 0. The molecule has 0 heterocycles. The van der Waals surface area contributed by atoms with Gasteiger partial charge in [-0.15, -0.1) is 0 Å². The van der Waals surface area contributed by atoms with Crippen LogP contribution in [-0.4, -0.2) is 63.4 Å². The van der Waals surface area contributed by atoms with Crippen molar-refractivity contribution in [2.45, 2.75) is 264 Å². The molecule has 0 aliphatic carbocycles. The monoisotopic (exact) mass is 849 g/mol. The first-order chi connectivity index (χ1) is 28.0. The van der Waals surface area contributed by atoms with Crippen LogP contribution >= 0.6 is 0 Å². The van der Waals surface area contributed by atoms with Crippen molar-refractivity contribution < 1.29 is 65.2 Å². The standard InChI is InChI=1S/C41H78N2O5.C6H14N2O2.Na.H/c1-3-5-7-9-11-13-15-17-19-21-23-25-27-29-31-33-39(45)43(37(41(47)48)35-36-38(42)44)40(46)34-32-30-28-26-24-22-20-18-16-14-12-10-8-6-4-2;7-4-2-1-3-5(8)6(9)10;;/h37H,3-36H2,1-2H3,(H2,42,44)(H,47,48);5H,1-4,7-8H2,(H,9,10);;/q;;+1;-1/t37-;;;/m0.../s1. The van der Waals surface area contributed by atoms with Gasteiger partial charge in [0.05, 0.1) is 0 Å². The Morgan fingerprint density at radius 2 is 0.763 bits per heavy atom. The van der Waals surface area contributed by atoms with Gasteiger partial charge in [0.25, 0.3) is 0 Å². The minimum Gasteiger partial charge on any atom is -1.00 e. The van der Waals surface area contributed by atoms with Crippen LogP contribution in [0.5, 0.6) is 0 Å². The van der Waals surface area contributed by atoms with Crippen LogP contribution in [0.15, 0.2) is 0 Å². The molecule has 59 heavy (non-hydrogen) atoms. The largest absolute Gasteiger partial charge is 1.00 e. The van der Waals surface area contributed by atoms with Crippen molar-refractivity contribution >= 4 is 29.7 Å². The van der Waals surface area contributed by atoms with Crippen LogP contribution in [-0.2, 0) is 24.0 Å². The maximum absolute atomic E-state index is 13.2. The number of primary amides is 1. The number of nitrogens with two attached hydrogens (primary N) is 3. The van der Waals surface area contributed by atoms with E-state index in [0.29, 0.717) is 25.8 Å². The smallest absolute Gasteiger partial charge is 1.00 e. The Hall–Kier alpha value is -1.53. The summed E-state index contributed by atoms with van der Waals surface area (Å²) in [6.45, 7) is 5.11. The molecule has 0 saturated heterocycles. The van der Waals surface area contributed by atoms with E-state index in [4.69, 9.17) is 22.3 Å². The molecule has 11 nitrogen and oxygen atoms in total. The number of carbonyl (C=O) groups is 5. The number of carbonyl (C=O) groups excluding carboxylic acids is 3. The van der Waals surface area contributed by atoms with Crippen molar-refractivity contribution in [3.05, 3.63) is 0 Å². The molecule has 12 heteroatoms. The third-order valence-electron chi connectivity index (χ3n) is 11.1. The molecule has 1 unspecified atom stereocenters. The fraction of sp³-hybridized carbons (Fsp3) is 0.894. The van der Waals surface area contributed by atoms with Crippen molar-refractivity contribution in [1.29, 1.82) is 0 Å². The zero-order valence-corrected chi connectivity index (χ0v) is 40.6. The van der Waals surface area contributed by atoms with Crippen molar-refractivity contribution in [3.8, 4) is 0 Å². The number of carboxylic acid groups (broad SMARTS) is 2. The molecule has 3 amide bonds. The first-order valence-electron chi connectivity index (χ1n) is 24.1.